The molecule has 1 N–H and O–H groups in total. The zero-order valence-electron chi connectivity index (χ0n) is 13.1. The van der Waals surface area contributed by atoms with Crippen molar-refractivity contribution in [2.24, 2.45) is 0 Å². The summed E-state index contributed by atoms with van der Waals surface area (Å²) < 4.78 is 3.31. The third-order valence-corrected chi connectivity index (χ3v) is 5.10. The van der Waals surface area contributed by atoms with E-state index < -0.39 is 0 Å². The molecule has 1 aromatic rings. The summed E-state index contributed by atoms with van der Waals surface area (Å²) in [6, 6.07) is 1.22. The summed E-state index contributed by atoms with van der Waals surface area (Å²) in [5.74, 6) is 0. The van der Waals surface area contributed by atoms with Crippen molar-refractivity contribution in [1.29, 1.82) is 0 Å². The van der Waals surface area contributed by atoms with Crippen molar-refractivity contribution >= 4 is 15.9 Å². The fraction of sp³-hybridized carbons (Fsp3) is 0.800. The first-order valence-electron chi connectivity index (χ1n) is 7.72. The third kappa shape index (κ3) is 3.62. The lowest BCUT2D eigenvalue weighted by atomic mass is 10.2. The average molecular weight is 343 g/mol. The number of halogens is 1. The van der Waals surface area contributed by atoms with E-state index in [1.165, 1.54) is 29.6 Å². The van der Waals surface area contributed by atoms with Gasteiger partial charge in [0.1, 0.15) is 0 Å². The lowest BCUT2D eigenvalue weighted by Gasteiger charge is -2.26. The van der Waals surface area contributed by atoms with Crippen molar-refractivity contribution < 1.29 is 0 Å². The van der Waals surface area contributed by atoms with Gasteiger partial charge in [0.15, 0.2) is 0 Å². The Hall–Kier alpha value is -0.390. The van der Waals surface area contributed by atoms with Crippen molar-refractivity contribution in [2.45, 2.75) is 65.7 Å². The highest BCUT2D eigenvalue weighted by atomic mass is 79.9. The third-order valence-electron chi connectivity index (χ3n) is 4.07. The van der Waals surface area contributed by atoms with E-state index in [-0.39, 0.29) is 0 Å². The Morgan fingerprint density at radius 3 is 2.85 bits per heavy atom. The Balaban J connectivity index is 2.05. The molecule has 1 fully saturated rings. The largest absolute Gasteiger partial charge is 0.313 e. The van der Waals surface area contributed by atoms with E-state index in [1.807, 2.05) is 0 Å². The van der Waals surface area contributed by atoms with E-state index in [2.05, 4.69) is 63.6 Å². The normalized spacial score (nSPS) is 20.2. The number of nitrogens with one attached hydrogen (secondary N) is 1. The van der Waals surface area contributed by atoms with Gasteiger partial charge in [-0.2, -0.15) is 5.10 Å². The van der Waals surface area contributed by atoms with Gasteiger partial charge in [0.2, 0.25) is 0 Å². The lowest BCUT2D eigenvalue weighted by Crippen LogP contribution is -2.40. The highest BCUT2D eigenvalue weighted by Crippen LogP contribution is 2.26. The van der Waals surface area contributed by atoms with E-state index in [1.54, 1.807) is 0 Å². The predicted molar refractivity (Wildman–Crippen MR) is 86.9 cm³/mol. The highest BCUT2D eigenvalue weighted by Gasteiger charge is 2.26. The second-order valence-corrected chi connectivity index (χ2v) is 6.78. The van der Waals surface area contributed by atoms with Gasteiger partial charge in [0.05, 0.1) is 15.9 Å². The van der Waals surface area contributed by atoms with Crippen LogP contribution in [0.1, 0.15) is 45.0 Å². The van der Waals surface area contributed by atoms with Crippen LogP contribution in [-0.2, 0) is 13.1 Å². The van der Waals surface area contributed by atoms with E-state index in [9.17, 15) is 0 Å². The van der Waals surface area contributed by atoms with Gasteiger partial charge in [-0.15, -0.1) is 0 Å². The monoisotopic (exact) mass is 342 g/mol. The van der Waals surface area contributed by atoms with Gasteiger partial charge < -0.3 is 5.32 Å². The molecule has 5 heteroatoms. The highest BCUT2D eigenvalue weighted by molar-refractivity contribution is 9.10. The molecule has 1 aliphatic rings. The Morgan fingerprint density at radius 2 is 2.20 bits per heavy atom. The van der Waals surface area contributed by atoms with Crippen LogP contribution in [0.15, 0.2) is 4.47 Å². The molecule has 0 amide bonds. The SMILES string of the molecule is CCn1nc(C)c(Br)c1CN1CCCC1CNC(C)C. The van der Waals surface area contributed by atoms with E-state index in [0.29, 0.717) is 12.1 Å². The van der Waals surface area contributed by atoms with Gasteiger partial charge in [0, 0.05) is 31.7 Å². The van der Waals surface area contributed by atoms with Gasteiger partial charge in [-0.25, -0.2) is 0 Å². The summed E-state index contributed by atoms with van der Waals surface area (Å²) in [5.41, 5.74) is 2.42. The maximum atomic E-state index is 4.60. The number of nitrogens with zero attached hydrogens (tertiary/aromatic N) is 3. The summed E-state index contributed by atoms with van der Waals surface area (Å²) in [4.78, 5) is 2.60. The fourth-order valence-corrected chi connectivity index (χ4v) is 3.33. The summed E-state index contributed by atoms with van der Waals surface area (Å²) in [7, 11) is 0. The first-order chi connectivity index (χ1) is 9.52. The molecule has 2 heterocycles. The smallest absolute Gasteiger partial charge is 0.0739 e. The molecule has 0 bridgehead atoms. The first kappa shape index (κ1) is 16.0. The first-order valence-corrected chi connectivity index (χ1v) is 8.51. The maximum absolute atomic E-state index is 4.60. The second-order valence-electron chi connectivity index (χ2n) is 5.99. The number of hydrogen-bond donors (Lipinski definition) is 1. The second kappa shape index (κ2) is 7.05. The summed E-state index contributed by atoms with van der Waals surface area (Å²) in [5, 5.41) is 8.17. The predicted octanol–water partition coefficient (Wildman–Crippen LogP) is 2.94. The van der Waals surface area contributed by atoms with Crippen LogP contribution in [0.2, 0.25) is 0 Å². The van der Waals surface area contributed by atoms with Crippen molar-refractivity contribution in [3.8, 4) is 0 Å². The molecule has 0 aliphatic carbocycles. The minimum absolute atomic E-state index is 0.563. The molecule has 0 radical (unpaired) electrons. The van der Waals surface area contributed by atoms with Gasteiger partial charge >= 0.3 is 0 Å². The molecule has 0 aromatic carbocycles. The standard InChI is InChI=1S/C15H27BrN4/c1-5-20-14(15(16)12(4)18-20)10-19-8-6-7-13(19)9-17-11(2)3/h11,13,17H,5-10H2,1-4H3. The Labute approximate surface area is 131 Å². The van der Waals surface area contributed by atoms with Gasteiger partial charge in [0.25, 0.3) is 0 Å². The van der Waals surface area contributed by atoms with Crippen molar-refractivity contribution in [2.75, 3.05) is 13.1 Å². The van der Waals surface area contributed by atoms with Crippen LogP contribution in [0, 0.1) is 6.92 Å². The molecule has 1 aromatic heterocycles. The minimum atomic E-state index is 0.563. The topological polar surface area (TPSA) is 33.1 Å². The average Bonchev–Trinajstić information content (AvgIpc) is 2.96. The zero-order chi connectivity index (χ0) is 14.7. The molecule has 114 valence electrons. The molecular formula is C15H27BrN4. The molecule has 2 rings (SSSR count). The molecule has 1 unspecified atom stereocenters. The molecule has 0 spiro atoms. The summed E-state index contributed by atoms with van der Waals surface area (Å²) >= 11 is 3.71. The van der Waals surface area contributed by atoms with E-state index >= 15 is 0 Å². The van der Waals surface area contributed by atoms with Crippen LogP contribution in [0.25, 0.3) is 0 Å². The van der Waals surface area contributed by atoms with E-state index in [0.717, 1.165) is 25.3 Å². The Kier molecular flexibility index (Phi) is 5.64. The number of aromatic nitrogens is 2. The van der Waals surface area contributed by atoms with Gasteiger partial charge in [-0.05, 0) is 49.2 Å². The van der Waals surface area contributed by atoms with Crippen LogP contribution in [0.4, 0.5) is 0 Å². The molecule has 4 nitrogen and oxygen atoms in total. The lowest BCUT2D eigenvalue weighted by molar-refractivity contribution is 0.229. The maximum Gasteiger partial charge on any atom is 0.0739 e. The van der Waals surface area contributed by atoms with E-state index in [4.69, 9.17) is 0 Å². The van der Waals surface area contributed by atoms with Crippen LogP contribution in [-0.4, -0.2) is 39.9 Å². The Morgan fingerprint density at radius 1 is 1.45 bits per heavy atom. The van der Waals surface area contributed by atoms with Crippen molar-refractivity contribution in [1.82, 2.24) is 20.0 Å². The van der Waals surface area contributed by atoms with Crippen molar-refractivity contribution in [3.05, 3.63) is 15.9 Å². The van der Waals surface area contributed by atoms with Crippen LogP contribution >= 0.6 is 15.9 Å². The molecule has 20 heavy (non-hydrogen) atoms. The quantitative estimate of drug-likeness (QED) is 0.862. The van der Waals surface area contributed by atoms with Gasteiger partial charge in [-0.3, -0.25) is 9.58 Å². The van der Waals surface area contributed by atoms with Crippen molar-refractivity contribution in [3.63, 3.8) is 0 Å². The molecule has 1 atom stereocenters. The molecule has 1 aliphatic heterocycles. The minimum Gasteiger partial charge on any atom is -0.313 e. The summed E-state index contributed by atoms with van der Waals surface area (Å²) in [6.07, 6.45) is 2.61. The number of rotatable bonds is 6. The fourth-order valence-electron chi connectivity index (χ4n) is 2.92. The molecular weight excluding hydrogens is 316 g/mol. The number of hydrogen-bond acceptors (Lipinski definition) is 3. The number of aryl methyl sites for hydroxylation is 2. The van der Waals surface area contributed by atoms with Crippen LogP contribution in [0.5, 0.6) is 0 Å². The zero-order valence-corrected chi connectivity index (χ0v) is 14.7. The summed E-state index contributed by atoms with van der Waals surface area (Å²) in [6.45, 7) is 12.9. The molecule has 0 saturated carbocycles. The number of likely N-dealkylation sites (tertiary alicyclic amines) is 1. The van der Waals surface area contributed by atoms with Gasteiger partial charge in [-0.1, -0.05) is 13.8 Å². The molecule has 1 saturated heterocycles. The Bertz CT molecular complexity index is 441. The van der Waals surface area contributed by atoms with Crippen LogP contribution in [0.3, 0.4) is 0 Å². The van der Waals surface area contributed by atoms with Crippen LogP contribution < -0.4 is 5.32 Å².